The lowest BCUT2D eigenvalue weighted by Gasteiger charge is -2.25. The van der Waals surface area contributed by atoms with Crippen LogP contribution in [-0.2, 0) is 10.0 Å². The van der Waals surface area contributed by atoms with E-state index in [9.17, 15) is 18.5 Å². The summed E-state index contributed by atoms with van der Waals surface area (Å²) in [7, 11) is -3.21. The van der Waals surface area contributed by atoms with Gasteiger partial charge in [0.1, 0.15) is 0 Å². The Morgan fingerprint density at radius 2 is 1.91 bits per heavy atom. The summed E-state index contributed by atoms with van der Waals surface area (Å²) in [5, 5.41) is 11.2. The van der Waals surface area contributed by atoms with E-state index in [1.54, 1.807) is 6.92 Å². The fourth-order valence-electron chi connectivity index (χ4n) is 2.67. The maximum absolute atomic E-state index is 11.6. The number of anilines is 1. The fourth-order valence-corrected chi connectivity index (χ4v) is 3.93. The second-order valence-corrected chi connectivity index (χ2v) is 7.74. The third-order valence-corrected chi connectivity index (χ3v) is 5.28. The Hall–Kier alpha value is -1.38. The van der Waals surface area contributed by atoms with Crippen LogP contribution in [-0.4, -0.2) is 50.1 Å². The number of sulfonamides is 1. The minimum Gasteiger partial charge on any atom is -0.369 e. The second-order valence-electron chi connectivity index (χ2n) is 5.35. The smallest absolute Gasteiger partial charge is 0.271 e. The topological polar surface area (TPSA) is 83.8 Å². The van der Waals surface area contributed by atoms with Gasteiger partial charge >= 0.3 is 0 Å². The molecule has 1 heterocycles. The third kappa shape index (κ3) is 3.68. The Balaban J connectivity index is 2.27. The zero-order valence-electron chi connectivity index (χ0n) is 12.5. The number of nitrogens with zero attached hydrogens (tertiary/aromatic N) is 3. The molecule has 0 aliphatic carbocycles. The first-order valence-electron chi connectivity index (χ1n) is 6.85. The van der Waals surface area contributed by atoms with Crippen molar-refractivity contribution in [2.45, 2.75) is 13.3 Å². The van der Waals surface area contributed by atoms with Crippen LogP contribution in [0.3, 0.4) is 0 Å². The summed E-state index contributed by atoms with van der Waals surface area (Å²) in [5.74, 6) is 0. The zero-order chi connectivity index (χ0) is 16.5. The van der Waals surface area contributed by atoms with Crippen molar-refractivity contribution < 1.29 is 13.3 Å². The van der Waals surface area contributed by atoms with Gasteiger partial charge in [0.25, 0.3) is 5.69 Å². The van der Waals surface area contributed by atoms with E-state index in [1.807, 2.05) is 4.90 Å². The van der Waals surface area contributed by atoms with E-state index in [-0.39, 0.29) is 5.69 Å². The average molecular weight is 348 g/mol. The largest absolute Gasteiger partial charge is 0.369 e. The number of non-ortho nitro benzene ring substituents is 1. The Bertz CT molecular complexity index is 670. The van der Waals surface area contributed by atoms with E-state index in [0.29, 0.717) is 43.2 Å². The molecule has 1 aromatic rings. The molecule has 2 rings (SSSR count). The zero-order valence-corrected chi connectivity index (χ0v) is 14.0. The van der Waals surface area contributed by atoms with Crippen LogP contribution in [0.25, 0.3) is 0 Å². The van der Waals surface area contributed by atoms with Crippen LogP contribution in [0, 0.1) is 17.0 Å². The standard InChI is InChI=1S/C13H18ClN3O4S/c1-10-8-11(17(18)19)9-12(14)13(10)15-4-3-5-16(7-6-15)22(2,20)21/h8-9H,3-7H2,1-2H3. The van der Waals surface area contributed by atoms with Gasteiger partial charge < -0.3 is 4.90 Å². The molecule has 0 amide bonds. The maximum atomic E-state index is 11.6. The monoisotopic (exact) mass is 347 g/mol. The Labute approximate surface area is 134 Å². The highest BCUT2D eigenvalue weighted by atomic mass is 35.5. The first-order chi connectivity index (χ1) is 10.2. The summed E-state index contributed by atoms with van der Waals surface area (Å²) in [6, 6.07) is 2.82. The van der Waals surface area contributed by atoms with Crippen molar-refractivity contribution in [2.75, 3.05) is 37.3 Å². The molecule has 0 bridgehead atoms. The van der Waals surface area contributed by atoms with Crippen LogP contribution < -0.4 is 4.90 Å². The quantitative estimate of drug-likeness (QED) is 0.617. The molecule has 0 saturated carbocycles. The highest BCUT2D eigenvalue weighted by Crippen LogP contribution is 2.34. The van der Waals surface area contributed by atoms with Crippen LogP contribution in [0.2, 0.25) is 5.02 Å². The summed E-state index contributed by atoms with van der Waals surface area (Å²) in [6.45, 7) is 3.79. The first kappa shape index (κ1) is 17.0. The highest BCUT2D eigenvalue weighted by Gasteiger charge is 2.24. The van der Waals surface area contributed by atoms with Crippen LogP contribution in [0.1, 0.15) is 12.0 Å². The van der Waals surface area contributed by atoms with Gasteiger partial charge in [0.15, 0.2) is 0 Å². The molecule has 1 aliphatic heterocycles. The molecule has 122 valence electrons. The SMILES string of the molecule is Cc1cc([N+](=O)[O-])cc(Cl)c1N1CCCN(S(C)(=O)=O)CC1. The van der Waals surface area contributed by atoms with Gasteiger partial charge in [-0.25, -0.2) is 12.7 Å². The molecule has 0 radical (unpaired) electrons. The van der Waals surface area contributed by atoms with Crippen LogP contribution in [0.5, 0.6) is 0 Å². The molecule has 22 heavy (non-hydrogen) atoms. The van der Waals surface area contributed by atoms with Gasteiger partial charge in [-0.05, 0) is 18.9 Å². The summed E-state index contributed by atoms with van der Waals surface area (Å²) in [6.07, 6.45) is 1.88. The molecule has 1 fully saturated rings. The van der Waals surface area contributed by atoms with Crippen molar-refractivity contribution in [3.8, 4) is 0 Å². The summed E-state index contributed by atoms with van der Waals surface area (Å²) < 4.78 is 24.7. The van der Waals surface area contributed by atoms with Crippen LogP contribution in [0.15, 0.2) is 12.1 Å². The molecule has 0 aromatic heterocycles. The Kier molecular flexibility index (Phi) is 4.93. The molecule has 9 heteroatoms. The number of nitro benzene ring substituents is 1. The lowest BCUT2D eigenvalue weighted by Crippen LogP contribution is -2.34. The van der Waals surface area contributed by atoms with E-state index in [1.165, 1.54) is 22.7 Å². The first-order valence-corrected chi connectivity index (χ1v) is 9.07. The molecule has 0 unspecified atom stereocenters. The average Bonchev–Trinajstić information content (AvgIpc) is 2.63. The van der Waals surface area contributed by atoms with Crippen molar-refractivity contribution in [2.24, 2.45) is 0 Å². The van der Waals surface area contributed by atoms with E-state index in [0.717, 1.165) is 5.69 Å². The predicted molar refractivity (Wildman–Crippen MR) is 86.1 cm³/mol. The highest BCUT2D eigenvalue weighted by molar-refractivity contribution is 7.88. The van der Waals surface area contributed by atoms with Gasteiger partial charge in [-0.1, -0.05) is 11.6 Å². The van der Waals surface area contributed by atoms with Gasteiger partial charge in [0.05, 0.1) is 21.9 Å². The maximum Gasteiger partial charge on any atom is 0.271 e. The molecule has 0 N–H and O–H groups in total. The molecule has 0 atom stereocenters. The van der Waals surface area contributed by atoms with Gasteiger partial charge in [-0.15, -0.1) is 0 Å². The van der Waals surface area contributed by atoms with E-state index >= 15 is 0 Å². The number of rotatable bonds is 3. The van der Waals surface area contributed by atoms with Crippen LogP contribution in [0.4, 0.5) is 11.4 Å². The molecule has 1 saturated heterocycles. The van der Waals surface area contributed by atoms with E-state index in [2.05, 4.69) is 0 Å². The van der Waals surface area contributed by atoms with Crippen molar-refractivity contribution in [3.05, 3.63) is 32.8 Å². The Morgan fingerprint density at radius 1 is 1.23 bits per heavy atom. The van der Waals surface area contributed by atoms with Gasteiger partial charge in [-0.3, -0.25) is 10.1 Å². The number of aryl methyl sites for hydroxylation is 1. The summed E-state index contributed by atoms with van der Waals surface area (Å²) in [5.41, 5.74) is 1.41. The van der Waals surface area contributed by atoms with Crippen LogP contribution >= 0.6 is 11.6 Å². The number of nitro groups is 1. The van der Waals surface area contributed by atoms with E-state index < -0.39 is 14.9 Å². The molecule has 7 nitrogen and oxygen atoms in total. The third-order valence-electron chi connectivity index (χ3n) is 3.69. The summed E-state index contributed by atoms with van der Waals surface area (Å²) >= 11 is 6.21. The number of hydrogen-bond acceptors (Lipinski definition) is 5. The number of halogens is 1. The molecular weight excluding hydrogens is 330 g/mol. The minimum absolute atomic E-state index is 0.0427. The van der Waals surface area contributed by atoms with Gasteiger partial charge in [-0.2, -0.15) is 0 Å². The molecule has 0 spiro atoms. The number of hydrogen-bond donors (Lipinski definition) is 0. The minimum atomic E-state index is -3.21. The lowest BCUT2D eigenvalue weighted by molar-refractivity contribution is -0.384. The van der Waals surface area contributed by atoms with Crippen molar-refractivity contribution >= 4 is 33.0 Å². The number of benzene rings is 1. The fraction of sp³-hybridized carbons (Fsp3) is 0.538. The lowest BCUT2D eigenvalue weighted by atomic mass is 10.1. The van der Waals surface area contributed by atoms with E-state index in [4.69, 9.17) is 11.6 Å². The van der Waals surface area contributed by atoms with Gasteiger partial charge in [0.2, 0.25) is 10.0 Å². The second kappa shape index (κ2) is 6.39. The van der Waals surface area contributed by atoms with Gasteiger partial charge in [0, 0.05) is 38.3 Å². The Morgan fingerprint density at radius 3 is 2.45 bits per heavy atom. The predicted octanol–water partition coefficient (Wildman–Crippen LogP) is 2.03. The van der Waals surface area contributed by atoms with Crippen molar-refractivity contribution in [1.82, 2.24) is 4.31 Å². The molecule has 1 aliphatic rings. The van der Waals surface area contributed by atoms with Crippen molar-refractivity contribution in [1.29, 1.82) is 0 Å². The molecule has 1 aromatic carbocycles. The summed E-state index contributed by atoms with van der Waals surface area (Å²) in [4.78, 5) is 12.4. The molecular formula is C13H18ClN3O4S. The van der Waals surface area contributed by atoms with Crippen molar-refractivity contribution in [3.63, 3.8) is 0 Å². The normalized spacial score (nSPS) is 17.3.